The maximum atomic E-state index is 13.1. The molecule has 39 heavy (non-hydrogen) atoms. The maximum Gasteiger partial charge on any atom is 0.339 e. The van der Waals surface area contributed by atoms with Crippen LogP contribution in [0.15, 0.2) is 77.7 Å². The lowest BCUT2D eigenvalue weighted by molar-refractivity contribution is -0.137. The van der Waals surface area contributed by atoms with Crippen LogP contribution in [0.3, 0.4) is 0 Å². The number of ether oxygens (including phenoxy) is 3. The fraction of sp³-hybridized carbons (Fsp3) is 0.323. The maximum absolute atomic E-state index is 13.1. The summed E-state index contributed by atoms with van der Waals surface area (Å²) in [6.07, 6.45) is 4.45. The monoisotopic (exact) mass is 552 g/mol. The number of methoxy groups -OCH3 is 1. The average molecular weight is 553 g/mol. The predicted octanol–water partition coefficient (Wildman–Crippen LogP) is 6.66. The van der Waals surface area contributed by atoms with Crippen molar-refractivity contribution in [1.82, 2.24) is 0 Å². The molecule has 0 radical (unpaired) electrons. The molecule has 3 rings (SSSR count). The molecule has 0 aromatic heterocycles. The fourth-order valence-electron chi connectivity index (χ4n) is 4.05. The van der Waals surface area contributed by atoms with Crippen LogP contribution in [0.1, 0.15) is 54.9 Å². The van der Waals surface area contributed by atoms with Crippen LogP contribution in [0.25, 0.3) is 0 Å². The van der Waals surface area contributed by atoms with Gasteiger partial charge in [0, 0.05) is 17.2 Å². The van der Waals surface area contributed by atoms with Gasteiger partial charge in [0.25, 0.3) is 0 Å². The minimum absolute atomic E-state index is 0.0644. The van der Waals surface area contributed by atoms with E-state index in [1.54, 1.807) is 38.1 Å². The van der Waals surface area contributed by atoms with Crippen LogP contribution in [0, 0.1) is 13.8 Å². The van der Waals surface area contributed by atoms with E-state index < -0.39 is 10.1 Å². The van der Waals surface area contributed by atoms with E-state index in [0.29, 0.717) is 43.1 Å². The van der Waals surface area contributed by atoms with Gasteiger partial charge in [0.15, 0.2) is 11.5 Å². The summed E-state index contributed by atoms with van der Waals surface area (Å²) in [5, 5.41) is 0. The number of benzene rings is 3. The standard InChI is InChI=1S/C31H36O7S/c1-6-36-29(32)15-11-10-12-23(3)27-20-28(38-39(33,34)26-18-16-22(2)17-19-26)24(4)30(35-5)31(27)37-21-25-13-8-7-9-14-25/h7-9,11,13-20,23H,6,10,12,21H2,1-5H3/b15-11+. The second kappa shape index (κ2) is 13.8. The van der Waals surface area contributed by atoms with E-state index in [-0.39, 0.29) is 22.5 Å². The first-order valence-corrected chi connectivity index (χ1v) is 14.3. The molecule has 208 valence electrons. The summed E-state index contributed by atoms with van der Waals surface area (Å²) in [5.74, 6) is 0.642. The summed E-state index contributed by atoms with van der Waals surface area (Å²) in [6, 6.07) is 17.9. The molecule has 0 saturated heterocycles. The highest BCUT2D eigenvalue weighted by molar-refractivity contribution is 7.87. The Balaban J connectivity index is 1.98. The lowest BCUT2D eigenvalue weighted by Gasteiger charge is -2.23. The van der Waals surface area contributed by atoms with Crippen LogP contribution >= 0.6 is 0 Å². The molecule has 0 amide bonds. The number of hydrogen-bond donors (Lipinski definition) is 0. The van der Waals surface area contributed by atoms with Crippen LogP contribution in [0.2, 0.25) is 0 Å². The van der Waals surface area contributed by atoms with Crippen molar-refractivity contribution in [1.29, 1.82) is 0 Å². The Labute approximate surface area is 231 Å². The SMILES string of the molecule is CCOC(=O)/C=C/CCC(C)c1cc(OS(=O)(=O)c2ccc(C)cc2)c(C)c(OC)c1OCc1ccccc1. The molecular formula is C31H36O7S. The van der Waals surface area contributed by atoms with Gasteiger partial charge in [-0.05, 0) is 63.3 Å². The van der Waals surface area contributed by atoms with Crippen molar-refractivity contribution in [3.05, 3.63) is 95.1 Å². The van der Waals surface area contributed by atoms with Gasteiger partial charge in [0.2, 0.25) is 0 Å². The fourth-order valence-corrected chi connectivity index (χ4v) is 5.02. The molecule has 0 aliphatic heterocycles. The Bertz CT molecular complexity index is 1380. The molecule has 3 aromatic rings. The van der Waals surface area contributed by atoms with Gasteiger partial charge in [-0.1, -0.05) is 61.0 Å². The van der Waals surface area contributed by atoms with Crippen LogP contribution < -0.4 is 13.7 Å². The van der Waals surface area contributed by atoms with Crippen molar-refractivity contribution in [3.8, 4) is 17.2 Å². The highest BCUT2D eigenvalue weighted by Crippen LogP contribution is 2.45. The van der Waals surface area contributed by atoms with Gasteiger partial charge >= 0.3 is 16.1 Å². The van der Waals surface area contributed by atoms with Crippen LogP contribution in [-0.4, -0.2) is 28.1 Å². The lowest BCUT2D eigenvalue weighted by Crippen LogP contribution is -2.12. The normalized spacial score (nSPS) is 12.2. The number of esters is 1. The van der Waals surface area contributed by atoms with Gasteiger partial charge < -0.3 is 18.4 Å². The molecule has 0 bridgehead atoms. The summed E-state index contributed by atoms with van der Waals surface area (Å²) in [6.45, 7) is 8.02. The molecule has 1 unspecified atom stereocenters. The summed E-state index contributed by atoms with van der Waals surface area (Å²) >= 11 is 0. The van der Waals surface area contributed by atoms with Crippen LogP contribution in [0.5, 0.6) is 17.2 Å². The Morgan fingerprint density at radius 3 is 2.33 bits per heavy atom. The van der Waals surface area contributed by atoms with Crippen molar-refractivity contribution in [2.75, 3.05) is 13.7 Å². The third-order valence-electron chi connectivity index (χ3n) is 6.24. The highest BCUT2D eigenvalue weighted by atomic mass is 32.2. The number of carbonyl (C=O) groups is 1. The van der Waals surface area contributed by atoms with Crippen molar-refractivity contribution < 1.29 is 31.6 Å². The Hall–Kier alpha value is -3.78. The number of hydrogen-bond acceptors (Lipinski definition) is 7. The summed E-state index contributed by atoms with van der Waals surface area (Å²) in [5.41, 5.74) is 3.18. The summed E-state index contributed by atoms with van der Waals surface area (Å²) in [7, 11) is -2.56. The zero-order valence-corrected chi connectivity index (χ0v) is 23.9. The molecule has 0 heterocycles. The van der Waals surface area contributed by atoms with Gasteiger partial charge in [-0.2, -0.15) is 8.42 Å². The van der Waals surface area contributed by atoms with E-state index in [1.165, 1.54) is 25.3 Å². The first kappa shape index (κ1) is 29.8. The van der Waals surface area contributed by atoms with Gasteiger partial charge in [-0.3, -0.25) is 0 Å². The van der Waals surface area contributed by atoms with Gasteiger partial charge in [-0.15, -0.1) is 0 Å². The van der Waals surface area contributed by atoms with E-state index in [2.05, 4.69) is 0 Å². The van der Waals surface area contributed by atoms with E-state index in [0.717, 1.165) is 16.7 Å². The van der Waals surface area contributed by atoms with Crippen molar-refractivity contribution in [3.63, 3.8) is 0 Å². The van der Waals surface area contributed by atoms with Crippen molar-refractivity contribution in [2.24, 2.45) is 0 Å². The first-order chi connectivity index (χ1) is 18.7. The second-order valence-electron chi connectivity index (χ2n) is 9.21. The van der Waals surface area contributed by atoms with E-state index in [1.807, 2.05) is 44.2 Å². The third-order valence-corrected chi connectivity index (χ3v) is 7.49. The lowest BCUT2D eigenvalue weighted by atomic mass is 9.93. The number of allylic oxidation sites excluding steroid dienone is 1. The molecule has 0 aliphatic rings. The van der Waals surface area contributed by atoms with Gasteiger partial charge in [0.1, 0.15) is 17.3 Å². The zero-order valence-electron chi connectivity index (χ0n) is 23.1. The first-order valence-electron chi connectivity index (χ1n) is 12.9. The molecule has 0 aliphatic carbocycles. The number of rotatable bonds is 13. The van der Waals surface area contributed by atoms with Crippen LogP contribution in [-0.2, 0) is 26.3 Å². The average Bonchev–Trinajstić information content (AvgIpc) is 2.92. The molecule has 0 saturated carbocycles. The number of aryl methyl sites for hydroxylation is 1. The summed E-state index contributed by atoms with van der Waals surface area (Å²) in [4.78, 5) is 11.7. The quantitative estimate of drug-likeness (QED) is 0.133. The van der Waals surface area contributed by atoms with Crippen molar-refractivity contribution >= 4 is 16.1 Å². The minimum Gasteiger partial charge on any atom is -0.492 e. The highest BCUT2D eigenvalue weighted by Gasteiger charge is 2.26. The number of carbonyl (C=O) groups excluding carboxylic acids is 1. The second-order valence-corrected chi connectivity index (χ2v) is 10.8. The van der Waals surface area contributed by atoms with E-state index in [9.17, 15) is 13.2 Å². The molecular weight excluding hydrogens is 516 g/mol. The van der Waals surface area contributed by atoms with Gasteiger partial charge in [0.05, 0.1) is 13.7 Å². The Morgan fingerprint density at radius 1 is 1.00 bits per heavy atom. The van der Waals surface area contributed by atoms with Crippen molar-refractivity contribution in [2.45, 2.75) is 58.0 Å². The molecule has 0 fully saturated rings. The third kappa shape index (κ3) is 8.10. The Kier molecular flexibility index (Phi) is 10.6. The van der Waals surface area contributed by atoms with Gasteiger partial charge in [-0.25, -0.2) is 4.79 Å². The smallest absolute Gasteiger partial charge is 0.339 e. The Morgan fingerprint density at radius 2 is 1.69 bits per heavy atom. The molecule has 8 heteroatoms. The molecule has 0 N–H and O–H groups in total. The largest absolute Gasteiger partial charge is 0.492 e. The minimum atomic E-state index is -4.08. The summed E-state index contributed by atoms with van der Waals surface area (Å²) < 4.78 is 48.9. The van der Waals surface area contributed by atoms with E-state index in [4.69, 9.17) is 18.4 Å². The zero-order chi connectivity index (χ0) is 28.4. The predicted molar refractivity (Wildman–Crippen MR) is 151 cm³/mol. The molecule has 7 nitrogen and oxygen atoms in total. The molecule has 1 atom stereocenters. The van der Waals surface area contributed by atoms with E-state index >= 15 is 0 Å². The van der Waals surface area contributed by atoms with Crippen LogP contribution in [0.4, 0.5) is 0 Å². The molecule has 3 aromatic carbocycles. The topological polar surface area (TPSA) is 88.1 Å². The molecule has 0 spiro atoms.